The Labute approximate surface area is 164 Å². The molecule has 0 radical (unpaired) electrons. The second-order valence-corrected chi connectivity index (χ2v) is 6.09. The molecule has 0 spiro atoms. The van der Waals surface area contributed by atoms with Gasteiger partial charge in [0.2, 0.25) is 5.91 Å². The monoisotopic (exact) mass is 378 g/mol. The molecule has 1 aromatic heterocycles. The van der Waals surface area contributed by atoms with Gasteiger partial charge < -0.3 is 19.5 Å². The molecule has 6 heteroatoms. The smallest absolute Gasteiger partial charge is 0.228 e. The molecule has 6 nitrogen and oxygen atoms in total. The number of ether oxygens (including phenoxy) is 3. The van der Waals surface area contributed by atoms with Gasteiger partial charge in [0.05, 0.1) is 20.6 Å². The summed E-state index contributed by atoms with van der Waals surface area (Å²) < 4.78 is 16.4. The van der Waals surface area contributed by atoms with E-state index in [1.165, 1.54) is 0 Å². The maximum Gasteiger partial charge on any atom is 0.228 e. The number of methoxy groups -OCH3 is 2. The second kappa shape index (κ2) is 9.41. The van der Waals surface area contributed by atoms with E-state index in [9.17, 15) is 4.79 Å². The highest BCUT2D eigenvalue weighted by Gasteiger charge is 2.10. The van der Waals surface area contributed by atoms with E-state index < -0.39 is 0 Å². The summed E-state index contributed by atoms with van der Waals surface area (Å²) >= 11 is 0. The van der Waals surface area contributed by atoms with Gasteiger partial charge in [0.15, 0.2) is 11.5 Å². The van der Waals surface area contributed by atoms with Crippen molar-refractivity contribution in [2.24, 2.45) is 0 Å². The number of anilines is 1. The minimum atomic E-state index is -0.126. The predicted molar refractivity (Wildman–Crippen MR) is 107 cm³/mol. The minimum absolute atomic E-state index is 0.126. The Bertz CT molecular complexity index is 929. The van der Waals surface area contributed by atoms with E-state index in [-0.39, 0.29) is 12.3 Å². The van der Waals surface area contributed by atoms with Gasteiger partial charge in [0, 0.05) is 24.1 Å². The number of hydrogen-bond acceptors (Lipinski definition) is 5. The molecule has 0 aliphatic carbocycles. The molecule has 0 saturated heterocycles. The Morgan fingerprint density at radius 2 is 1.75 bits per heavy atom. The first-order chi connectivity index (χ1) is 13.7. The Morgan fingerprint density at radius 1 is 0.929 bits per heavy atom. The first-order valence-corrected chi connectivity index (χ1v) is 8.80. The SMILES string of the molecule is COc1cccc(CC(=O)Nc2ccc(OC)c(OCc3ccncc3)c2)c1. The molecule has 1 heterocycles. The van der Waals surface area contributed by atoms with E-state index in [0.717, 1.165) is 16.9 Å². The van der Waals surface area contributed by atoms with E-state index in [0.29, 0.717) is 23.8 Å². The maximum absolute atomic E-state index is 12.4. The van der Waals surface area contributed by atoms with Gasteiger partial charge in [-0.25, -0.2) is 0 Å². The highest BCUT2D eigenvalue weighted by atomic mass is 16.5. The minimum Gasteiger partial charge on any atom is -0.497 e. The van der Waals surface area contributed by atoms with Crippen molar-refractivity contribution in [2.45, 2.75) is 13.0 Å². The normalized spacial score (nSPS) is 10.2. The van der Waals surface area contributed by atoms with Crippen LogP contribution in [-0.2, 0) is 17.8 Å². The van der Waals surface area contributed by atoms with Crippen LogP contribution < -0.4 is 19.5 Å². The Balaban J connectivity index is 1.67. The van der Waals surface area contributed by atoms with E-state index in [1.807, 2.05) is 36.4 Å². The van der Waals surface area contributed by atoms with E-state index in [2.05, 4.69) is 10.3 Å². The topological polar surface area (TPSA) is 69.7 Å². The summed E-state index contributed by atoms with van der Waals surface area (Å²) in [6, 6.07) is 16.5. The van der Waals surface area contributed by atoms with Crippen LogP contribution in [-0.4, -0.2) is 25.1 Å². The molecule has 2 aromatic carbocycles. The van der Waals surface area contributed by atoms with E-state index in [4.69, 9.17) is 14.2 Å². The fraction of sp³-hybridized carbons (Fsp3) is 0.182. The van der Waals surface area contributed by atoms with E-state index >= 15 is 0 Å². The molecular weight excluding hydrogens is 356 g/mol. The van der Waals surface area contributed by atoms with Gasteiger partial charge in [0.1, 0.15) is 12.4 Å². The average molecular weight is 378 g/mol. The molecule has 1 N–H and O–H groups in total. The van der Waals surface area contributed by atoms with Gasteiger partial charge >= 0.3 is 0 Å². The molecule has 3 aromatic rings. The zero-order valence-electron chi connectivity index (χ0n) is 15.8. The fourth-order valence-electron chi connectivity index (χ4n) is 2.68. The zero-order valence-corrected chi connectivity index (χ0v) is 15.8. The van der Waals surface area contributed by atoms with Crippen molar-refractivity contribution in [2.75, 3.05) is 19.5 Å². The molecule has 0 fully saturated rings. The highest BCUT2D eigenvalue weighted by molar-refractivity contribution is 5.92. The number of hydrogen-bond donors (Lipinski definition) is 1. The summed E-state index contributed by atoms with van der Waals surface area (Å²) in [6.45, 7) is 0.375. The molecule has 0 aliphatic rings. The van der Waals surface area contributed by atoms with Crippen LogP contribution in [0.2, 0.25) is 0 Å². The van der Waals surface area contributed by atoms with Crippen LogP contribution in [0.15, 0.2) is 67.0 Å². The van der Waals surface area contributed by atoms with Crippen molar-refractivity contribution in [3.05, 3.63) is 78.1 Å². The molecule has 0 atom stereocenters. The van der Waals surface area contributed by atoms with Gasteiger partial charge in [-0.15, -0.1) is 0 Å². The summed E-state index contributed by atoms with van der Waals surface area (Å²) in [5.41, 5.74) is 2.50. The Hall–Kier alpha value is -3.54. The van der Waals surface area contributed by atoms with Crippen LogP contribution in [0.25, 0.3) is 0 Å². The average Bonchev–Trinajstić information content (AvgIpc) is 2.73. The van der Waals surface area contributed by atoms with Crippen molar-refractivity contribution in [3.63, 3.8) is 0 Å². The quantitative estimate of drug-likeness (QED) is 0.645. The lowest BCUT2D eigenvalue weighted by Crippen LogP contribution is -2.14. The predicted octanol–water partition coefficient (Wildman–Crippen LogP) is 3.86. The third-order valence-electron chi connectivity index (χ3n) is 4.09. The van der Waals surface area contributed by atoms with Crippen LogP contribution in [0.4, 0.5) is 5.69 Å². The summed E-state index contributed by atoms with van der Waals surface area (Å²) in [6.07, 6.45) is 3.67. The molecule has 0 saturated carbocycles. The van der Waals surface area contributed by atoms with Gasteiger partial charge in [-0.2, -0.15) is 0 Å². The van der Waals surface area contributed by atoms with Gasteiger partial charge in [-0.05, 0) is 47.5 Å². The molecule has 3 rings (SSSR count). The van der Waals surface area contributed by atoms with Gasteiger partial charge in [-0.3, -0.25) is 9.78 Å². The van der Waals surface area contributed by atoms with Gasteiger partial charge in [0.25, 0.3) is 0 Å². The lowest BCUT2D eigenvalue weighted by atomic mass is 10.1. The second-order valence-electron chi connectivity index (χ2n) is 6.09. The number of amides is 1. The zero-order chi connectivity index (χ0) is 19.8. The summed E-state index contributed by atoms with van der Waals surface area (Å²) in [4.78, 5) is 16.4. The van der Waals surface area contributed by atoms with Crippen LogP contribution in [0.1, 0.15) is 11.1 Å². The Morgan fingerprint density at radius 3 is 2.50 bits per heavy atom. The first kappa shape index (κ1) is 19.2. The van der Waals surface area contributed by atoms with Crippen molar-refractivity contribution in [1.29, 1.82) is 0 Å². The third-order valence-corrected chi connectivity index (χ3v) is 4.09. The molecule has 1 amide bonds. The standard InChI is InChI=1S/C22H22N2O4/c1-26-19-5-3-4-17(12-19)13-22(25)24-18-6-7-20(27-2)21(14-18)28-15-16-8-10-23-11-9-16/h3-12,14H,13,15H2,1-2H3,(H,24,25). The highest BCUT2D eigenvalue weighted by Crippen LogP contribution is 2.31. The summed E-state index contributed by atoms with van der Waals surface area (Å²) in [5.74, 6) is 1.75. The van der Waals surface area contributed by atoms with Crippen LogP contribution >= 0.6 is 0 Å². The molecule has 0 bridgehead atoms. The Kier molecular flexibility index (Phi) is 6.46. The number of carbonyl (C=O) groups is 1. The van der Waals surface area contributed by atoms with Gasteiger partial charge in [-0.1, -0.05) is 12.1 Å². The molecule has 28 heavy (non-hydrogen) atoms. The number of pyridine rings is 1. The molecule has 0 unspecified atom stereocenters. The fourth-order valence-corrected chi connectivity index (χ4v) is 2.68. The summed E-state index contributed by atoms with van der Waals surface area (Å²) in [5, 5.41) is 2.89. The number of aromatic nitrogens is 1. The lowest BCUT2D eigenvalue weighted by Gasteiger charge is -2.13. The largest absolute Gasteiger partial charge is 0.497 e. The molecule has 0 aliphatic heterocycles. The number of nitrogens with zero attached hydrogens (tertiary/aromatic N) is 1. The molecular formula is C22H22N2O4. The van der Waals surface area contributed by atoms with Crippen molar-refractivity contribution in [1.82, 2.24) is 4.98 Å². The number of rotatable bonds is 8. The van der Waals surface area contributed by atoms with Crippen LogP contribution in [0.5, 0.6) is 17.2 Å². The van der Waals surface area contributed by atoms with E-state index in [1.54, 1.807) is 44.8 Å². The lowest BCUT2D eigenvalue weighted by molar-refractivity contribution is -0.115. The first-order valence-electron chi connectivity index (χ1n) is 8.80. The third kappa shape index (κ3) is 5.23. The molecule has 144 valence electrons. The van der Waals surface area contributed by atoms with Crippen LogP contribution in [0, 0.1) is 0 Å². The van der Waals surface area contributed by atoms with Crippen molar-refractivity contribution < 1.29 is 19.0 Å². The number of nitrogens with one attached hydrogen (secondary N) is 1. The van der Waals surface area contributed by atoms with Crippen LogP contribution in [0.3, 0.4) is 0 Å². The van der Waals surface area contributed by atoms with Crippen molar-refractivity contribution in [3.8, 4) is 17.2 Å². The number of carbonyl (C=O) groups excluding carboxylic acids is 1. The summed E-state index contributed by atoms with van der Waals surface area (Å²) in [7, 11) is 3.18. The number of benzene rings is 2. The van der Waals surface area contributed by atoms with Crippen molar-refractivity contribution >= 4 is 11.6 Å². The maximum atomic E-state index is 12.4.